The summed E-state index contributed by atoms with van der Waals surface area (Å²) >= 11 is 0. The molecule has 19 heavy (non-hydrogen) atoms. The van der Waals surface area contributed by atoms with Crippen molar-refractivity contribution in [1.82, 2.24) is 9.78 Å². The molecule has 4 nitrogen and oxygen atoms in total. The van der Waals surface area contributed by atoms with Crippen molar-refractivity contribution in [3.63, 3.8) is 0 Å². The quantitative estimate of drug-likeness (QED) is 0.919. The van der Waals surface area contributed by atoms with Crippen LogP contribution in [0.5, 0.6) is 5.75 Å². The summed E-state index contributed by atoms with van der Waals surface area (Å²) in [6.07, 6.45) is 1.30. The normalized spacial score (nSPS) is 12.7. The maximum Gasteiger partial charge on any atom is 0.126 e. The molecule has 1 heterocycles. The molecular weight excluding hydrogens is 240 g/mol. The molecule has 0 aliphatic heterocycles. The maximum atomic E-state index is 9.97. The van der Waals surface area contributed by atoms with Gasteiger partial charge in [-0.2, -0.15) is 5.10 Å². The Bertz CT molecular complexity index is 559. The maximum absolute atomic E-state index is 9.97. The minimum atomic E-state index is -0.613. The van der Waals surface area contributed by atoms with Crippen molar-refractivity contribution in [1.29, 1.82) is 0 Å². The average Bonchev–Trinajstić information content (AvgIpc) is 2.87. The third-order valence-corrected chi connectivity index (χ3v) is 3.13. The highest BCUT2D eigenvalue weighted by Gasteiger charge is 2.16. The predicted octanol–water partition coefficient (Wildman–Crippen LogP) is 3.06. The summed E-state index contributed by atoms with van der Waals surface area (Å²) in [6.45, 7) is 5.94. The van der Waals surface area contributed by atoms with E-state index in [-0.39, 0.29) is 0 Å². The molecule has 0 unspecified atom stereocenters. The Hall–Kier alpha value is -1.81. The lowest BCUT2D eigenvalue weighted by molar-refractivity contribution is 0.194. The zero-order valence-corrected chi connectivity index (χ0v) is 11.8. The summed E-state index contributed by atoms with van der Waals surface area (Å²) in [7, 11) is 1.60. The number of benzene rings is 1. The standard InChI is InChI=1S/C15H20N2O2/c1-10(2)12-8-9-17(16-12)13-6-5-7-14(19-4)15(13)11(3)18/h5-11,18H,1-4H3/t11-/m0/s1. The van der Waals surface area contributed by atoms with Crippen LogP contribution in [0.4, 0.5) is 0 Å². The summed E-state index contributed by atoms with van der Waals surface area (Å²) in [6, 6.07) is 7.67. The Morgan fingerprint density at radius 1 is 1.21 bits per heavy atom. The third-order valence-electron chi connectivity index (χ3n) is 3.13. The topological polar surface area (TPSA) is 47.3 Å². The van der Waals surface area contributed by atoms with E-state index in [0.29, 0.717) is 11.7 Å². The number of hydrogen-bond acceptors (Lipinski definition) is 3. The fourth-order valence-electron chi connectivity index (χ4n) is 2.11. The van der Waals surface area contributed by atoms with E-state index in [4.69, 9.17) is 4.74 Å². The fourth-order valence-corrected chi connectivity index (χ4v) is 2.11. The first-order valence-electron chi connectivity index (χ1n) is 6.45. The molecule has 0 radical (unpaired) electrons. The van der Waals surface area contributed by atoms with Crippen molar-refractivity contribution in [2.45, 2.75) is 32.8 Å². The van der Waals surface area contributed by atoms with Crippen molar-refractivity contribution in [3.05, 3.63) is 41.7 Å². The first-order chi connectivity index (χ1) is 9.04. The Morgan fingerprint density at radius 2 is 1.95 bits per heavy atom. The van der Waals surface area contributed by atoms with Crippen molar-refractivity contribution >= 4 is 0 Å². The number of hydrogen-bond donors (Lipinski definition) is 1. The van der Waals surface area contributed by atoms with Gasteiger partial charge in [-0.1, -0.05) is 19.9 Å². The summed E-state index contributed by atoms with van der Waals surface area (Å²) in [5.41, 5.74) is 2.63. The van der Waals surface area contributed by atoms with E-state index in [0.717, 1.165) is 16.9 Å². The van der Waals surface area contributed by atoms with Gasteiger partial charge >= 0.3 is 0 Å². The van der Waals surface area contributed by atoms with E-state index in [1.54, 1.807) is 18.7 Å². The van der Waals surface area contributed by atoms with Crippen molar-refractivity contribution in [2.75, 3.05) is 7.11 Å². The SMILES string of the molecule is COc1cccc(-n2ccc(C(C)C)n2)c1[C@H](C)O. The third kappa shape index (κ3) is 2.63. The van der Waals surface area contributed by atoms with Crippen molar-refractivity contribution in [3.8, 4) is 11.4 Å². The van der Waals surface area contributed by atoms with Gasteiger partial charge in [0.15, 0.2) is 0 Å². The van der Waals surface area contributed by atoms with Crippen LogP contribution in [0.3, 0.4) is 0 Å². The number of aliphatic hydroxyl groups excluding tert-OH is 1. The minimum Gasteiger partial charge on any atom is -0.496 e. The Morgan fingerprint density at radius 3 is 2.47 bits per heavy atom. The molecule has 0 bridgehead atoms. The number of aliphatic hydroxyl groups is 1. The van der Waals surface area contributed by atoms with Gasteiger partial charge < -0.3 is 9.84 Å². The van der Waals surface area contributed by atoms with Gasteiger partial charge in [-0.15, -0.1) is 0 Å². The average molecular weight is 260 g/mol. The first-order valence-corrected chi connectivity index (χ1v) is 6.45. The van der Waals surface area contributed by atoms with Crippen LogP contribution >= 0.6 is 0 Å². The molecule has 1 atom stereocenters. The van der Waals surface area contributed by atoms with Crippen molar-refractivity contribution in [2.24, 2.45) is 0 Å². The zero-order valence-electron chi connectivity index (χ0n) is 11.8. The minimum absolute atomic E-state index is 0.377. The van der Waals surface area contributed by atoms with Crippen LogP contribution in [0, 0.1) is 0 Å². The van der Waals surface area contributed by atoms with Gasteiger partial charge in [0.25, 0.3) is 0 Å². The number of rotatable bonds is 4. The lowest BCUT2D eigenvalue weighted by Crippen LogP contribution is -2.06. The molecule has 1 aromatic carbocycles. The summed E-state index contributed by atoms with van der Waals surface area (Å²) in [4.78, 5) is 0. The highest BCUT2D eigenvalue weighted by molar-refractivity contribution is 5.50. The van der Waals surface area contributed by atoms with Crippen LogP contribution in [-0.2, 0) is 0 Å². The van der Waals surface area contributed by atoms with Gasteiger partial charge in [0.2, 0.25) is 0 Å². The molecular formula is C15H20N2O2. The van der Waals surface area contributed by atoms with Crippen LogP contribution in [-0.4, -0.2) is 22.0 Å². The molecule has 2 rings (SSSR count). The summed E-state index contributed by atoms with van der Waals surface area (Å²) in [5, 5.41) is 14.5. The lowest BCUT2D eigenvalue weighted by atomic mass is 10.1. The van der Waals surface area contributed by atoms with E-state index >= 15 is 0 Å². The Labute approximate surface area is 113 Å². The molecule has 1 aromatic heterocycles. The van der Waals surface area contributed by atoms with Gasteiger partial charge in [0.1, 0.15) is 5.75 Å². The molecule has 102 valence electrons. The highest BCUT2D eigenvalue weighted by atomic mass is 16.5. The predicted molar refractivity (Wildman–Crippen MR) is 74.8 cm³/mol. The molecule has 0 saturated heterocycles. The Kier molecular flexibility index (Phi) is 3.90. The monoisotopic (exact) mass is 260 g/mol. The van der Waals surface area contributed by atoms with Crippen molar-refractivity contribution < 1.29 is 9.84 Å². The van der Waals surface area contributed by atoms with E-state index in [9.17, 15) is 5.11 Å². The van der Waals surface area contributed by atoms with Gasteiger partial charge in [-0.05, 0) is 31.0 Å². The molecule has 0 aliphatic rings. The van der Waals surface area contributed by atoms with Crippen LogP contribution in [0.25, 0.3) is 5.69 Å². The number of aromatic nitrogens is 2. The zero-order chi connectivity index (χ0) is 14.0. The van der Waals surface area contributed by atoms with Gasteiger partial charge in [0.05, 0.1) is 24.6 Å². The van der Waals surface area contributed by atoms with E-state index < -0.39 is 6.10 Å². The lowest BCUT2D eigenvalue weighted by Gasteiger charge is -2.16. The van der Waals surface area contributed by atoms with Crippen LogP contribution in [0.15, 0.2) is 30.5 Å². The second-order valence-electron chi connectivity index (χ2n) is 4.91. The van der Waals surface area contributed by atoms with E-state index in [2.05, 4.69) is 18.9 Å². The number of nitrogens with zero attached hydrogens (tertiary/aromatic N) is 2. The molecule has 0 amide bonds. The van der Waals surface area contributed by atoms with Crippen LogP contribution in [0.2, 0.25) is 0 Å². The summed E-state index contributed by atoms with van der Waals surface area (Å²) in [5.74, 6) is 1.05. The van der Waals surface area contributed by atoms with E-state index in [1.807, 2.05) is 30.5 Å². The molecule has 0 fully saturated rings. The first kappa shape index (κ1) is 13.6. The summed E-state index contributed by atoms with van der Waals surface area (Å²) < 4.78 is 7.11. The van der Waals surface area contributed by atoms with Gasteiger partial charge in [-0.25, -0.2) is 4.68 Å². The molecule has 0 aliphatic carbocycles. The van der Waals surface area contributed by atoms with Gasteiger partial charge in [0, 0.05) is 11.8 Å². The van der Waals surface area contributed by atoms with E-state index in [1.165, 1.54) is 0 Å². The number of ether oxygens (including phenoxy) is 1. The number of methoxy groups -OCH3 is 1. The molecule has 2 aromatic rings. The molecule has 4 heteroatoms. The fraction of sp³-hybridized carbons (Fsp3) is 0.400. The molecule has 0 saturated carbocycles. The molecule has 1 N–H and O–H groups in total. The second-order valence-corrected chi connectivity index (χ2v) is 4.91. The second kappa shape index (κ2) is 5.45. The van der Waals surface area contributed by atoms with Crippen LogP contribution in [0.1, 0.15) is 44.1 Å². The highest BCUT2D eigenvalue weighted by Crippen LogP contribution is 2.31. The van der Waals surface area contributed by atoms with Crippen LogP contribution < -0.4 is 4.74 Å². The smallest absolute Gasteiger partial charge is 0.126 e. The molecule has 0 spiro atoms. The Balaban J connectivity index is 2.54. The van der Waals surface area contributed by atoms with Gasteiger partial charge in [-0.3, -0.25) is 0 Å². The largest absolute Gasteiger partial charge is 0.496 e.